The maximum Gasteiger partial charge on any atom is 0.358 e. The number of hydrogen-bond donors (Lipinski definition) is 2. The SMILES string of the molecule is Cc1c(C(=O)O)nnn1CC(=O)Nc1ccc(Br)cc1Cl. The second-order valence-electron chi connectivity index (χ2n) is 4.16. The molecule has 0 spiro atoms. The van der Waals surface area contributed by atoms with Crippen LogP contribution in [0.15, 0.2) is 22.7 Å². The number of aromatic carboxylic acids is 1. The monoisotopic (exact) mass is 372 g/mol. The number of nitrogens with one attached hydrogen (secondary N) is 1. The summed E-state index contributed by atoms with van der Waals surface area (Å²) in [6.45, 7) is 1.38. The molecule has 1 amide bonds. The van der Waals surface area contributed by atoms with Gasteiger partial charge in [-0.1, -0.05) is 32.7 Å². The molecule has 7 nitrogen and oxygen atoms in total. The van der Waals surface area contributed by atoms with Gasteiger partial charge in [0.2, 0.25) is 5.91 Å². The van der Waals surface area contributed by atoms with E-state index in [0.717, 1.165) is 4.47 Å². The summed E-state index contributed by atoms with van der Waals surface area (Å²) in [5, 5.41) is 19.0. The van der Waals surface area contributed by atoms with E-state index in [1.807, 2.05) is 0 Å². The molecule has 0 aliphatic heterocycles. The Kier molecular flexibility index (Phi) is 4.59. The van der Waals surface area contributed by atoms with E-state index in [9.17, 15) is 9.59 Å². The van der Waals surface area contributed by atoms with Gasteiger partial charge >= 0.3 is 5.97 Å². The molecule has 0 bridgehead atoms. The number of halogens is 2. The fourth-order valence-corrected chi connectivity index (χ4v) is 2.35. The molecule has 21 heavy (non-hydrogen) atoms. The third kappa shape index (κ3) is 3.59. The minimum Gasteiger partial charge on any atom is -0.476 e. The van der Waals surface area contributed by atoms with Crippen molar-refractivity contribution in [1.29, 1.82) is 0 Å². The molecule has 9 heteroatoms. The molecular weight excluding hydrogens is 364 g/mol. The highest BCUT2D eigenvalue weighted by Crippen LogP contribution is 2.25. The van der Waals surface area contributed by atoms with E-state index in [4.69, 9.17) is 16.7 Å². The topological polar surface area (TPSA) is 97.1 Å². The molecule has 1 aromatic heterocycles. The van der Waals surface area contributed by atoms with Gasteiger partial charge in [-0.25, -0.2) is 9.48 Å². The zero-order valence-electron chi connectivity index (χ0n) is 10.8. The first kappa shape index (κ1) is 15.5. The van der Waals surface area contributed by atoms with Crippen LogP contribution in [0.2, 0.25) is 5.02 Å². The van der Waals surface area contributed by atoms with Crippen LogP contribution in [0.25, 0.3) is 0 Å². The molecule has 2 N–H and O–H groups in total. The van der Waals surface area contributed by atoms with E-state index >= 15 is 0 Å². The molecule has 0 saturated heterocycles. The van der Waals surface area contributed by atoms with Gasteiger partial charge in [-0.15, -0.1) is 5.10 Å². The maximum atomic E-state index is 11.9. The highest BCUT2D eigenvalue weighted by Gasteiger charge is 2.17. The summed E-state index contributed by atoms with van der Waals surface area (Å²) in [7, 11) is 0. The number of benzene rings is 1. The Balaban J connectivity index is 2.10. The lowest BCUT2D eigenvalue weighted by atomic mass is 10.3. The van der Waals surface area contributed by atoms with Gasteiger partial charge in [0.05, 0.1) is 16.4 Å². The van der Waals surface area contributed by atoms with Crippen LogP contribution in [0.5, 0.6) is 0 Å². The molecule has 2 rings (SSSR count). The van der Waals surface area contributed by atoms with Gasteiger partial charge in [0.15, 0.2) is 5.69 Å². The largest absolute Gasteiger partial charge is 0.476 e. The van der Waals surface area contributed by atoms with E-state index in [0.29, 0.717) is 16.4 Å². The number of rotatable bonds is 4. The van der Waals surface area contributed by atoms with Gasteiger partial charge in [-0.3, -0.25) is 4.79 Å². The van der Waals surface area contributed by atoms with Gasteiger partial charge in [0.25, 0.3) is 0 Å². The second-order valence-corrected chi connectivity index (χ2v) is 5.48. The number of carboxylic acid groups (broad SMARTS) is 1. The van der Waals surface area contributed by atoms with Gasteiger partial charge in [-0.05, 0) is 25.1 Å². The molecule has 0 aliphatic rings. The summed E-state index contributed by atoms with van der Waals surface area (Å²) >= 11 is 9.26. The van der Waals surface area contributed by atoms with E-state index in [2.05, 4.69) is 31.6 Å². The Bertz CT molecular complexity index is 717. The first-order valence-corrected chi connectivity index (χ1v) is 6.94. The van der Waals surface area contributed by atoms with Crippen LogP contribution >= 0.6 is 27.5 Å². The van der Waals surface area contributed by atoms with Gasteiger partial charge in [0.1, 0.15) is 6.54 Å². The Hall–Kier alpha value is -1.93. The molecule has 0 radical (unpaired) electrons. The van der Waals surface area contributed by atoms with Crippen LogP contribution in [0.4, 0.5) is 5.69 Å². The van der Waals surface area contributed by atoms with E-state index < -0.39 is 5.97 Å². The number of carboxylic acids is 1. The smallest absolute Gasteiger partial charge is 0.358 e. The minimum atomic E-state index is -1.19. The quantitative estimate of drug-likeness (QED) is 0.857. The van der Waals surface area contributed by atoms with Crippen molar-refractivity contribution < 1.29 is 14.7 Å². The van der Waals surface area contributed by atoms with E-state index in [1.54, 1.807) is 18.2 Å². The van der Waals surface area contributed by atoms with Crippen LogP contribution in [0, 0.1) is 6.92 Å². The summed E-state index contributed by atoms with van der Waals surface area (Å²) in [6.07, 6.45) is 0. The lowest BCUT2D eigenvalue weighted by Gasteiger charge is -2.08. The number of carbonyl (C=O) groups excluding carboxylic acids is 1. The van der Waals surface area contributed by atoms with Crippen LogP contribution < -0.4 is 5.32 Å². The van der Waals surface area contributed by atoms with Crippen LogP contribution in [0.1, 0.15) is 16.2 Å². The highest BCUT2D eigenvalue weighted by atomic mass is 79.9. The average molecular weight is 374 g/mol. The van der Waals surface area contributed by atoms with Crippen molar-refractivity contribution in [1.82, 2.24) is 15.0 Å². The molecule has 1 aromatic carbocycles. The minimum absolute atomic E-state index is 0.154. The number of anilines is 1. The Morgan fingerprint density at radius 1 is 1.48 bits per heavy atom. The zero-order valence-corrected chi connectivity index (χ0v) is 13.1. The predicted molar refractivity (Wildman–Crippen MR) is 79.5 cm³/mol. The number of aromatic nitrogens is 3. The average Bonchev–Trinajstić information content (AvgIpc) is 2.74. The summed E-state index contributed by atoms with van der Waals surface area (Å²) in [4.78, 5) is 22.8. The Labute approximate surface area is 133 Å². The summed E-state index contributed by atoms with van der Waals surface area (Å²) in [6, 6.07) is 5.05. The van der Waals surface area contributed by atoms with Crippen molar-refractivity contribution >= 4 is 45.1 Å². The van der Waals surface area contributed by atoms with Crippen molar-refractivity contribution in [2.75, 3.05) is 5.32 Å². The first-order valence-electron chi connectivity index (χ1n) is 5.76. The Morgan fingerprint density at radius 2 is 2.19 bits per heavy atom. The maximum absolute atomic E-state index is 11.9. The van der Waals surface area contributed by atoms with E-state index in [-0.39, 0.29) is 18.1 Å². The number of hydrogen-bond acceptors (Lipinski definition) is 4. The molecule has 0 aliphatic carbocycles. The molecule has 0 unspecified atom stereocenters. The van der Waals surface area contributed by atoms with Crippen molar-refractivity contribution in [3.05, 3.63) is 39.1 Å². The molecule has 110 valence electrons. The van der Waals surface area contributed by atoms with Crippen LogP contribution in [-0.4, -0.2) is 32.0 Å². The molecule has 1 heterocycles. The zero-order chi connectivity index (χ0) is 15.6. The van der Waals surface area contributed by atoms with E-state index in [1.165, 1.54) is 11.6 Å². The van der Waals surface area contributed by atoms with Gasteiger partial charge in [0, 0.05) is 4.47 Å². The molecule has 0 atom stereocenters. The first-order chi connectivity index (χ1) is 9.88. The third-order valence-corrected chi connectivity index (χ3v) is 3.49. The van der Waals surface area contributed by atoms with Gasteiger partial charge in [-0.2, -0.15) is 0 Å². The third-order valence-electron chi connectivity index (χ3n) is 2.68. The number of amides is 1. The Morgan fingerprint density at radius 3 is 2.76 bits per heavy atom. The van der Waals surface area contributed by atoms with Gasteiger partial charge < -0.3 is 10.4 Å². The van der Waals surface area contributed by atoms with Crippen molar-refractivity contribution in [3.63, 3.8) is 0 Å². The number of carbonyl (C=O) groups is 2. The highest BCUT2D eigenvalue weighted by molar-refractivity contribution is 9.10. The fourth-order valence-electron chi connectivity index (χ4n) is 1.62. The van der Waals surface area contributed by atoms with Crippen molar-refractivity contribution in [2.24, 2.45) is 0 Å². The predicted octanol–water partition coefficient (Wildman–Crippen LogP) is 2.34. The molecular formula is C12H10BrClN4O3. The fraction of sp³-hybridized carbons (Fsp3) is 0.167. The molecule has 2 aromatic rings. The molecule has 0 saturated carbocycles. The molecule has 0 fully saturated rings. The number of nitrogens with zero attached hydrogens (tertiary/aromatic N) is 3. The summed E-state index contributed by atoms with van der Waals surface area (Å²) < 4.78 is 2.01. The van der Waals surface area contributed by atoms with Crippen molar-refractivity contribution in [3.8, 4) is 0 Å². The summed E-state index contributed by atoms with van der Waals surface area (Å²) in [5.74, 6) is -1.57. The standard InChI is InChI=1S/C12H10BrClN4O3/c1-6-11(12(20)21)16-17-18(6)5-10(19)15-9-3-2-7(13)4-8(9)14/h2-4H,5H2,1H3,(H,15,19)(H,20,21). The van der Waals surface area contributed by atoms with Crippen LogP contribution in [-0.2, 0) is 11.3 Å². The van der Waals surface area contributed by atoms with Crippen LogP contribution in [0.3, 0.4) is 0 Å². The lowest BCUT2D eigenvalue weighted by Crippen LogP contribution is -2.20. The summed E-state index contributed by atoms with van der Waals surface area (Å²) in [5.41, 5.74) is 0.588. The second kappa shape index (κ2) is 6.23. The van der Waals surface area contributed by atoms with Crippen molar-refractivity contribution in [2.45, 2.75) is 13.5 Å². The lowest BCUT2D eigenvalue weighted by molar-refractivity contribution is -0.117. The normalized spacial score (nSPS) is 10.4.